The lowest BCUT2D eigenvalue weighted by Gasteiger charge is -2.20. The van der Waals surface area contributed by atoms with Gasteiger partial charge in [-0.2, -0.15) is 13.2 Å². The summed E-state index contributed by atoms with van der Waals surface area (Å²) in [7, 11) is 3.21. The van der Waals surface area contributed by atoms with Crippen LogP contribution in [0.15, 0.2) is 42.5 Å². The normalized spacial score (nSPS) is 11.2. The van der Waals surface area contributed by atoms with Crippen molar-refractivity contribution in [3.05, 3.63) is 48.0 Å². The predicted octanol–water partition coefficient (Wildman–Crippen LogP) is 3.91. The molecule has 0 atom stereocenters. The zero-order valence-electron chi connectivity index (χ0n) is 11.1. The number of aromatic nitrogens is 1. The highest BCUT2D eigenvalue weighted by Gasteiger charge is 2.32. The fourth-order valence-corrected chi connectivity index (χ4v) is 1.76. The minimum absolute atomic E-state index is 0.178. The summed E-state index contributed by atoms with van der Waals surface area (Å²) in [6.07, 6.45) is -4.40. The summed E-state index contributed by atoms with van der Waals surface area (Å²) in [4.78, 5) is 5.76. The number of para-hydroxylation sites is 1. The second kappa shape index (κ2) is 5.40. The van der Waals surface area contributed by atoms with E-state index in [1.54, 1.807) is 24.1 Å². The van der Waals surface area contributed by atoms with Gasteiger partial charge in [0.25, 0.3) is 0 Å². The van der Waals surface area contributed by atoms with E-state index in [0.717, 1.165) is 17.8 Å². The molecule has 0 spiro atoms. The minimum atomic E-state index is -4.40. The van der Waals surface area contributed by atoms with Crippen LogP contribution in [-0.2, 0) is 6.18 Å². The quantitative estimate of drug-likeness (QED) is 0.924. The van der Waals surface area contributed by atoms with Crippen molar-refractivity contribution in [3.63, 3.8) is 0 Å². The van der Waals surface area contributed by atoms with Crippen molar-refractivity contribution in [1.29, 1.82) is 0 Å². The molecule has 0 unspecified atom stereocenters. The van der Waals surface area contributed by atoms with E-state index in [1.807, 2.05) is 18.2 Å². The van der Waals surface area contributed by atoms with Crippen LogP contribution < -0.4 is 10.2 Å². The van der Waals surface area contributed by atoms with Gasteiger partial charge in [0.1, 0.15) is 11.6 Å². The molecule has 0 saturated carbocycles. The molecule has 1 aromatic heterocycles. The Kier molecular flexibility index (Phi) is 3.83. The predicted molar refractivity (Wildman–Crippen MR) is 73.3 cm³/mol. The third-order valence-electron chi connectivity index (χ3n) is 2.88. The van der Waals surface area contributed by atoms with E-state index in [-0.39, 0.29) is 11.6 Å². The lowest BCUT2D eigenvalue weighted by Crippen LogP contribution is -2.14. The Morgan fingerprint density at radius 1 is 1.10 bits per heavy atom. The van der Waals surface area contributed by atoms with Crippen molar-refractivity contribution < 1.29 is 13.2 Å². The highest BCUT2D eigenvalue weighted by atomic mass is 19.4. The van der Waals surface area contributed by atoms with E-state index >= 15 is 0 Å². The third-order valence-corrected chi connectivity index (χ3v) is 2.88. The molecule has 0 aliphatic carbocycles. The van der Waals surface area contributed by atoms with Crippen molar-refractivity contribution in [3.8, 4) is 0 Å². The lowest BCUT2D eigenvalue weighted by molar-refractivity contribution is -0.137. The van der Waals surface area contributed by atoms with Gasteiger partial charge >= 0.3 is 6.18 Å². The Bertz CT molecular complexity index is 582. The summed E-state index contributed by atoms with van der Waals surface area (Å²) in [5, 5.41) is 2.65. The summed E-state index contributed by atoms with van der Waals surface area (Å²) in [5.74, 6) is 0.410. The summed E-state index contributed by atoms with van der Waals surface area (Å²) < 4.78 is 38.6. The zero-order valence-corrected chi connectivity index (χ0v) is 11.1. The first kappa shape index (κ1) is 14.2. The number of hydrogen-bond donors (Lipinski definition) is 1. The van der Waals surface area contributed by atoms with Gasteiger partial charge in [-0.25, -0.2) is 4.98 Å². The molecule has 2 rings (SSSR count). The van der Waals surface area contributed by atoms with E-state index in [4.69, 9.17) is 0 Å². The zero-order chi connectivity index (χ0) is 14.8. The van der Waals surface area contributed by atoms with Crippen LogP contribution >= 0.6 is 0 Å². The smallest absolute Gasteiger partial charge is 0.373 e. The van der Waals surface area contributed by atoms with Gasteiger partial charge in [0.2, 0.25) is 0 Å². The van der Waals surface area contributed by atoms with Gasteiger partial charge in [-0.05, 0) is 24.3 Å². The maximum Gasteiger partial charge on any atom is 0.416 e. The molecule has 0 bridgehead atoms. The molecular formula is C14H14F3N3. The second-order valence-electron chi connectivity index (χ2n) is 4.24. The topological polar surface area (TPSA) is 28.2 Å². The molecule has 0 fully saturated rings. The van der Waals surface area contributed by atoms with Gasteiger partial charge in [-0.15, -0.1) is 0 Å². The van der Waals surface area contributed by atoms with Crippen LogP contribution in [0.3, 0.4) is 0 Å². The first-order valence-electron chi connectivity index (χ1n) is 5.97. The van der Waals surface area contributed by atoms with Crippen molar-refractivity contribution in [2.24, 2.45) is 0 Å². The van der Waals surface area contributed by atoms with Crippen molar-refractivity contribution >= 4 is 17.3 Å². The van der Waals surface area contributed by atoms with E-state index in [9.17, 15) is 13.2 Å². The van der Waals surface area contributed by atoms with Crippen molar-refractivity contribution in [2.45, 2.75) is 6.18 Å². The molecule has 1 N–H and O–H groups in total. The Hall–Kier alpha value is -2.24. The number of alkyl halides is 3. The minimum Gasteiger partial charge on any atom is -0.373 e. The maximum atomic E-state index is 12.9. The molecule has 0 aliphatic rings. The fourth-order valence-electron chi connectivity index (χ4n) is 1.76. The lowest BCUT2D eigenvalue weighted by atomic mass is 10.2. The van der Waals surface area contributed by atoms with Crippen LogP contribution in [0.2, 0.25) is 0 Å². The van der Waals surface area contributed by atoms with Crippen molar-refractivity contribution in [2.75, 3.05) is 24.3 Å². The van der Waals surface area contributed by atoms with Crippen LogP contribution in [0, 0.1) is 0 Å². The van der Waals surface area contributed by atoms with Gasteiger partial charge in [0.15, 0.2) is 0 Å². The molecule has 0 radical (unpaired) electrons. The highest BCUT2D eigenvalue weighted by molar-refractivity contribution is 5.62. The molecule has 0 aliphatic heterocycles. The van der Waals surface area contributed by atoms with E-state index in [2.05, 4.69) is 10.3 Å². The van der Waals surface area contributed by atoms with E-state index < -0.39 is 11.7 Å². The van der Waals surface area contributed by atoms with E-state index in [0.29, 0.717) is 0 Å². The number of pyridine rings is 1. The fraction of sp³-hybridized carbons (Fsp3) is 0.214. The van der Waals surface area contributed by atoms with Crippen LogP contribution in [-0.4, -0.2) is 19.1 Å². The molecule has 1 aromatic carbocycles. The Labute approximate surface area is 115 Å². The van der Waals surface area contributed by atoms with Gasteiger partial charge in [-0.1, -0.05) is 18.2 Å². The van der Waals surface area contributed by atoms with Crippen LogP contribution in [0.4, 0.5) is 30.5 Å². The molecule has 1 heterocycles. The SMILES string of the molecule is CNc1cc(C(F)(F)F)cc(N(C)c2ccccc2)n1. The number of hydrogen-bond acceptors (Lipinski definition) is 3. The van der Waals surface area contributed by atoms with Crippen LogP contribution in [0.1, 0.15) is 5.56 Å². The number of anilines is 3. The highest BCUT2D eigenvalue weighted by Crippen LogP contribution is 2.34. The van der Waals surface area contributed by atoms with Crippen molar-refractivity contribution in [1.82, 2.24) is 4.98 Å². The Balaban J connectivity index is 2.46. The molecule has 3 nitrogen and oxygen atoms in total. The molecule has 2 aromatic rings. The standard InChI is InChI=1S/C14H14F3N3/c1-18-12-8-10(14(15,16)17)9-13(19-12)20(2)11-6-4-3-5-7-11/h3-9H,1-2H3,(H,18,19). The van der Waals surface area contributed by atoms with Gasteiger partial charge in [0.05, 0.1) is 5.56 Å². The van der Waals surface area contributed by atoms with Gasteiger partial charge in [-0.3, -0.25) is 0 Å². The second-order valence-corrected chi connectivity index (χ2v) is 4.24. The average Bonchev–Trinajstić information content (AvgIpc) is 2.46. The molecule has 20 heavy (non-hydrogen) atoms. The summed E-state index contributed by atoms with van der Waals surface area (Å²) in [6, 6.07) is 11.1. The molecule has 106 valence electrons. The molecule has 0 amide bonds. The monoisotopic (exact) mass is 281 g/mol. The first-order chi connectivity index (χ1) is 9.41. The number of halogens is 3. The number of nitrogens with zero attached hydrogens (tertiary/aromatic N) is 2. The first-order valence-corrected chi connectivity index (χ1v) is 5.97. The average molecular weight is 281 g/mol. The Morgan fingerprint density at radius 3 is 2.30 bits per heavy atom. The molecule has 6 heteroatoms. The molecular weight excluding hydrogens is 267 g/mol. The van der Waals surface area contributed by atoms with Crippen LogP contribution in [0.25, 0.3) is 0 Å². The molecule has 0 saturated heterocycles. The third kappa shape index (κ3) is 3.01. The number of nitrogens with one attached hydrogen (secondary N) is 1. The van der Waals surface area contributed by atoms with Gasteiger partial charge in [0, 0.05) is 19.8 Å². The van der Waals surface area contributed by atoms with E-state index in [1.165, 1.54) is 7.05 Å². The maximum absolute atomic E-state index is 12.9. The Morgan fingerprint density at radius 2 is 1.75 bits per heavy atom. The number of rotatable bonds is 3. The summed E-state index contributed by atoms with van der Waals surface area (Å²) in [6.45, 7) is 0. The summed E-state index contributed by atoms with van der Waals surface area (Å²) >= 11 is 0. The van der Waals surface area contributed by atoms with Gasteiger partial charge < -0.3 is 10.2 Å². The van der Waals surface area contributed by atoms with Crippen LogP contribution in [0.5, 0.6) is 0 Å². The largest absolute Gasteiger partial charge is 0.416 e. The summed E-state index contributed by atoms with van der Waals surface area (Å²) in [5.41, 5.74) is 0.0380. The number of benzene rings is 1.